The maximum Gasteiger partial charge on any atom is 0.0340 e. The summed E-state index contributed by atoms with van der Waals surface area (Å²) in [6, 6.07) is 8.78. The third-order valence-electron chi connectivity index (χ3n) is 2.48. The third kappa shape index (κ3) is 5.17. The normalized spacial score (nSPS) is 10.8. The highest BCUT2D eigenvalue weighted by Crippen LogP contribution is 2.12. The Bertz CT molecular complexity index is 277. The van der Waals surface area contributed by atoms with Crippen molar-refractivity contribution in [2.75, 3.05) is 25.0 Å². The van der Waals surface area contributed by atoms with E-state index in [0.29, 0.717) is 0 Å². The molecule has 0 aliphatic heterocycles. The van der Waals surface area contributed by atoms with Crippen molar-refractivity contribution < 1.29 is 0 Å². The number of anilines is 1. The minimum atomic E-state index is 0.729. The van der Waals surface area contributed by atoms with Crippen LogP contribution in [-0.4, -0.2) is 19.6 Å². The first-order valence-corrected chi connectivity index (χ1v) is 6.26. The zero-order valence-corrected chi connectivity index (χ0v) is 10.7. The number of likely N-dealkylation sites (N-methyl/N-ethyl adjacent to an activating group) is 1. The van der Waals surface area contributed by atoms with Gasteiger partial charge in [-0.25, -0.2) is 0 Å². The van der Waals surface area contributed by atoms with E-state index < -0.39 is 0 Å². The Morgan fingerprint density at radius 2 is 1.75 bits per heavy atom. The van der Waals surface area contributed by atoms with Crippen LogP contribution in [0.3, 0.4) is 0 Å². The van der Waals surface area contributed by atoms with Gasteiger partial charge >= 0.3 is 0 Å². The molecular formula is C14H24N2. The molecule has 0 aliphatic rings. The van der Waals surface area contributed by atoms with Gasteiger partial charge in [-0.2, -0.15) is 0 Å². The summed E-state index contributed by atoms with van der Waals surface area (Å²) in [5.41, 5.74) is 2.64. The molecule has 1 aromatic carbocycles. The maximum atomic E-state index is 3.40. The van der Waals surface area contributed by atoms with Crippen LogP contribution in [0.4, 0.5) is 5.69 Å². The van der Waals surface area contributed by atoms with E-state index in [4.69, 9.17) is 0 Å². The van der Waals surface area contributed by atoms with Crippen molar-refractivity contribution in [3.8, 4) is 0 Å². The average molecular weight is 220 g/mol. The topological polar surface area (TPSA) is 24.1 Å². The average Bonchev–Trinajstić information content (AvgIpc) is 2.26. The fourth-order valence-corrected chi connectivity index (χ4v) is 1.70. The van der Waals surface area contributed by atoms with Crippen molar-refractivity contribution >= 4 is 5.69 Å². The van der Waals surface area contributed by atoms with E-state index in [-0.39, 0.29) is 0 Å². The molecule has 0 saturated carbocycles. The molecule has 0 unspecified atom stereocenters. The monoisotopic (exact) mass is 220 g/mol. The highest BCUT2D eigenvalue weighted by Gasteiger charge is 1.97. The second-order valence-electron chi connectivity index (χ2n) is 4.58. The van der Waals surface area contributed by atoms with Gasteiger partial charge in [-0.3, -0.25) is 0 Å². The van der Waals surface area contributed by atoms with Crippen LogP contribution >= 0.6 is 0 Å². The molecule has 0 fully saturated rings. The highest BCUT2D eigenvalue weighted by atomic mass is 14.9. The van der Waals surface area contributed by atoms with Crippen LogP contribution in [0.25, 0.3) is 0 Å². The van der Waals surface area contributed by atoms with E-state index in [2.05, 4.69) is 55.7 Å². The Balaban J connectivity index is 2.33. The van der Waals surface area contributed by atoms with Gasteiger partial charge in [0.15, 0.2) is 0 Å². The second-order valence-corrected chi connectivity index (χ2v) is 4.58. The standard InChI is InChI=1S/C14H24N2/c1-4-15-9-10-16-14-7-5-13(6-8-14)11-12(2)3/h5-8,12,15-16H,4,9-11H2,1-3H3. The van der Waals surface area contributed by atoms with Crippen molar-refractivity contribution in [2.24, 2.45) is 5.92 Å². The largest absolute Gasteiger partial charge is 0.384 e. The Kier molecular flexibility index (Phi) is 5.94. The summed E-state index contributed by atoms with van der Waals surface area (Å²) in [5.74, 6) is 0.729. The van der Waals surface area contributed by atoms with E-state index in [1.807, 2.05) is 0 Å². The first kappa shape index (κ1) is 13.0. The van der Waals surface area contributed by atoms with Gasteiger partial charge < -0.3 is 10.6 Å². The number of rotatable bonds is 7. The van der Waals surface area contributed by atoms with Crippen molar-refractivity contribution in [2.45, 2.75) is 27.2 Å². The fraction of sp³-hybridized carbons (Fsp3) is 0.571. The van der Waals surface area contributed by atoms with Crippen LogP contribution in [0.2, 0.25) is 0 Å². The minimum Gasteiger partial charge on any atom is -0.384 e. The number of benzene rings is 1. The highest BCUT2D eigenvalue weighted by molar-refractivity contribution is 5.44. The lowest BCUT2D eigenvalue weighted by Gasteiger charge is -2.09. The summed E-state index contributed by atoms with van der Waals surface area (Å²) >= 11 is 0. The van der Waals surface area contributed by atoms with Crippen molar-refractivity contribution in [3.05, 3.63) is 29.8 Å². The fourth-order valence-electron chi connectivity index (χ4n) is 1.70. The molecule has 0 spiro atoms. The molecule has 90 valence electrons. The van der Waals surface area contributed by atoms with Crippen LogP contribution < -0.4 is 10.6 Å². The van der Waals surface area contributed by atoms with E-state index in [0.717, 1.165) is 32.0 Å². The molecule has 2 nitrogen and oxygen atoms in total. The lowest BCUT2D eigenvalue weighted by Crippen LogP contribution is -2.21. The molecular weight excluding hydrogens is 196 g/mol. The molecule has 0 radical (unpaired) electrons. The van der Waals surface area contributed by atoms with E-state index >= 15 is 0 Å². The first-order valence-electron chi connectivity index (χ1n) is 6.26. The molecule has 0 atom stereocenters. The molecule has 0 bridgehead atoms. The number of nitrogens with one attached hydrogen (secondary N) is 2. The summed E-state index contributed by atoms with van der Waals surface area (Å²) in [6.45, 7) is 9.67. The quantitative estimate of drug-likeness (QED) is 0.690. The van der Waals surface area contributed by atoms with Crippen molar-refractivity contribution in [1.29, 1.82) is 0 Å². The lowest BCUT2D eigenvalue weighted by atomic mass is 10.0. The molecule has 0 amide bonds. The van der Waals surface area contributed by atoms with E-state index in [1.54, 1.807) is 0 Å². The molecule has 1 rings (SSSR count). The van der Waals surface area contributed by atoms with Gasteiger partial charge in [-0.15, -0.1) is 0 Å². The smallest absolute Gasteiger partial charge is 0.0340 e. The molecule has 1 aromatic rings. The number of hydrogen-bond acceptors (Lipinski definition) is 2. The molecule has 0 aliphatic carbocycles. The van der Waals surface area contributed by atoms with Gasteiger partial charge in [0, 0.05) is 18.8 Å². The molecule has 0 heterocycles. The number of hydrogen-bond donors (Lipinski definition) is 2. The zero-order chi connectivity index (χ0) is 11.8. The van der Waals surface area contributed by atoms with Crippen LogP contribution in [0.15, 0.2) is 24.3 Å². The van der Waals surface area contributed by atoms with Crippen LogP contribution in [-0.2, 0) is 6.42 Å². The van der Waals surface area contributed by atoms with Crippen molar-refractivity contribution in [3.63, 3.8) is 0 Å². The molecule has 16 heavy (non-hydrogen) atoms. The maximum absolute atomic E-state index is 3.40. The predicted octanol–water partition coefficient (Wildman–Crippen LogP) is 2.91. The van der Waals surface area contributed by atoms with Crippen LogP contribution in [0.5, 0.6) is 0 Å². The predicted molar refractivity (Wildman–Crippen MR) is 72.0 cm³/mol. The third-order valence-corrected chi connectivity index (χ3v) is 2.48. The Labute approximate surface area is 99.5 Å². The summed E-state index contributed by atoms with van der Waals surface area (Å²) in [5, 5.41) is 6.69. The molecule has 0 saturated heterocycles. The molecule has 2 heteroatoms. The zero-order valence-electron chi connectivity index (χ0n) is 10.7. The van der Waals surface area contributed by atoms with Crippen LogP contribution in [0, 0.1) is 5.92 Å². The van der Waals surface area contributed by atoms with Gasteiger partial charge in [0.1, 0.15) is 0 Å². The van der Waals surface area contributed by atoms with E-state index in [1.165, 1.54) is 11.3 Å². The SMILES string of the molecule is CCNCCNc1ccc(CC(C)C)cc1. The van der Waals surface area contributed by atoms with Gasteiger partial charge in [0.2, 0.25) is 0 Å². The van der Waals surface area contributed by atoms with Gasteiger partial charge in [-0.1, -0.05) is 32.9 Å². The van der Waals surface area contributed by atoms with E-state index in [9.17, 15) is 0 Å². The molecule has 2 N–H and O–H groups in total. The Morgan fingerprint density at radius 3 is 2.31 bits per heavy atom. The summed E-state index contributed by atoms with van der Waals surface area (Å²) in [7, 11) is 0. The summed E-state index contributed by atoms with van der Waals surface area (Å²) in [4.78, 5) is 0. The van der Waals surface area contributed by atoms with Gasteiger partial charge in [0.25, 0.3) is 0 Å². The van der Waals surface area contributed by atoms with Gasteiger partial charge in [0.05, 0.1) is 0 Å². The Hall–Kier alpha value is -1.02. The second kappa shape index (κ2) is 7.29. The summed E-state index contributed by atoms with van der Waals surface area (Å²) in [6.07, 6.45) is 1.16. The van der Waals surface area contributed by atoms with Crippen LogP contribution in [0.1, 0.15) is 26.3 Å². The Morgan fingerprint density at radius 1 is 1.06 bits per heavy atom. The minimum absolute atomic E-state index is 0.729. The van der Waals surface area contributed by atoms with Crippen molar-refractivity contribution in [1.82, 2.24) is 5.32 Å². The lowest BCUT2D eigenvalue weighted by molar-refractivity contribution is 0.647. The first-order chi connectivity index (χ1) is 7.72. The molecule has 0 aromatic heterocycles. The summed E-state index contributed by atoms with van der Waals surface area (Å²) < 4.78 is 0. The van der Waals surface area contributed by atoms with Gasteiger partial charge in [-0.05, 0) is 36.6 Å².